The molecule has 0 aromatic heterocycles. The maximum atomic E-state index is 12.2. The van der Waals surface area contributed by atoms with Gasteiger partial charge in [0.05, 0.1) is 6.42 Å². The molecule has 1 atom stereocenters. The lowest BCUT2D eigenvalue weighted by molar-refractivity contribution is -0.141. The Balaban J connectivity index is 2.43. The van der Waals surface area contributed by atoms with Gasteiger partial charge < -0.3 is 14.9 Å². The van der Waals surface area contributed by atoms with E-state index >= 15 is 0 Å². The molecule has 0 fully saturated rings. The average Bonchev–Trinajstić information content (AvgIpc) is 2.41. The second-order valence-electron chi connectivity index (χ2n) is 4.55. The van der Waals surface area contributed by atoms with Crippen LogP contribution in [0.1, 0.15) is 12.0 Å². The van der Waals surface area contributed by atoms with Crippen molar-refractivity contribution < 1.29 is 14.7 Å². The fourth-order valence-electron chi connectivity index (χ4n) is 2.30. The maximum absolute atomic E-state index is 12.2. The summed E-state index contributed by atoms with van der Waals surface area (Å²) in [7, 11) is 3.47. The van der Waals surface area contributed by atoms with Crippen LogP contribution in [0.25, 0.3) is 0 Å². The van der Waals surface area contributed by atoms with Gasteiger partial charge in [-0.25, -0.2) is 0 Å². The van der Waals surface area contributed by atoms with E-state index in [4.69, 9.17) is 5.11 Å². The van der Waals surface area contributed by atoms with Crippen molar-refractivity contribution in [1.82, 2.24) is 4.90 Å². The van der Waals surface area contributed by atoms with Gasteiger partial charge in [0.15, 0.2) is 0 Å². The Morgan fingerprint density at radius 3 is 2.72 bits per heavy atom. The van der Waals surface area contributed by atoms with Gasteiger partial charge >= 0.3 is 5.97 Å². The Morgan fingerprint density at radius 2 is 2.06 bits per heavy atom. The number of hydrogen-bond donors (Lipinski definition) is 1. The third kappa shape index (κ3) is 2.16. The van der Waals surface area contributed by atoms with Gasteiger partial charge in [0, 0.05) is 26.3 Å². The van der Waals surface area contributed by atoms with E-state index in [-0.39, 0.29) is 12.3 Å². The highest BCUT2D eigenvalue weighted by molar-refractivity contribution is 5.90. The van der Waals surface area contributed by atoms with E-state index < -0.39 is 12.0 Å². The van der Waals surface area contributed by atoms with Gasteiger partial charge in [0.25, 0.3) is 0 Å². The van der Waals surface area contributed by atoms with Crippen LogP contribution in [0.15, 0.2) is 24.3 Å². The van der Waals surface area contributed by atoms with Crippen molar-refractivity contribution in [3.05, 3.63) is 29.8 Å². The Morgan fingerprint density at radius 1 is 1.39 bits per heavy atom. The fourth-order valence-corrected chi connectivity index (χ4v) is 2.30. The Hall–Kier alpha value is -2.04. The molecular weight excluding hydrogens is 232 g/mol. The molecule has 1 heterocycles. The number of likely N-dealkylation sites (N-methyl/N-ethyl adjacent to an activating group) is 2. The third-order valence-electron chi connectivity index (χ3n) is 3.28. The van der Waals surface area contributed by atoms with Crippen molar-refractivity contribution in [3.63, 3.8) is 0 Å². The zero-order valence-electron chi connectivity index (χ0n) is 10.5. The minimum absolute atomic E-state index is 0.156. The molecule has 1 aromatic carbocycles. The monoisotopic (exact) mass is 248 g/mol. The number of carboxylic acid groups (broad SMARTS) is 1. The summed E-state index contributed by atoms with van der Waals surface area (Å²) in [5.74, 6) is -1.12. The van der Waals surface area contributed by atoms with E-state index in [1.165, 1.54) is 0 Å². The predicted molar refractivity (Wildman–Crippen MR) is 67.4 cm³/mol. The summed E-state index contributed by atoms with van der Waals surface area (Å²) in [5, 5.41) is 8.93. The molecule has 0 spiro atoms. The molecule has 0 unspecified atom stereocenters. The lowest BCUT2D eigenvalue weighted by atomic mass is 10.1. The van der Waals surface area contributed by atoms with E-state index in [1.54, 1.807) is 23.9 Å². The quantitative estimate of drug-likeness (QED) is 0.846. The number of amides is 1. The number of nitrogens with zero attached hydrogens (tertiary/aromatic N) is 2. The SMILES string of the molecule is CN1Cc2ccccc2N(C)[C@H](CC(=O)O)C1=O. The first-order chi connectivity index (χ1) is 8.50. The highest BCUT2D eigenvalue weighted by Gasteiger charge is 2.32. The molecule has 1 aliphatic rings. The molecule has 0 radical (unpaired) electrons. The molecule has 0 aliphatic carbocycles. The summed E-state index contributed by atoms with van der Waals surface area (Å²) in [5.41, 5.74) is 1.95. The first-order valence-corrected chi connectivity index (χ1v) is 5.78. The van der Waals surface area contributed by atoms with Gasteiger partial charge in [-0.05, 0) is 11.6 Å². The number of para-hydroxylation sites is 1. The van der Waals surface area contributed by atoms with Crippen LogP contribution >= 0.6 is 0 Å². The lowest BCUT2D eigenvalue weighted by Crippen LogP contribution is -2.44. The normalized spacial score (nSPS) is 19.4. The highest BCUT2D eigenvalue weighted by Crippen LogP contribution is 2.27. The Kier molecular flexibility index (Phi) is 3.23. The van der Waals surface area contributed by atoms with Crippen LogP contribution < -0.4 is 4.90 Å². The Labute approximate surface area is 106 Å². The van der Waals surface area contributed by atoms with Gasteiger partial charge in [-0.1, -0.05) is 18.2 Å². The standard InChI is InChI=1S/C13H16N2O3/c1-14-8-9-5-3-4-6-10(9)15(2)11(13(14)18)7-12(16)17/h3-6,11H,7-8H2,1-2H3,(H,16,17)/t11-/m1/s1. The fraction of sp³-hybridized carbons (Fsp3) is 0.385. The van der Waals surface area contributed by atoms with Crippen LogP contribution in [-0.4, -0.2) is 42.0 Å². The van der Waals surface area contributed by atoms with Crippen molar-refractivity contribution in [2.24, 2.45) is 0 Å². The number of carbonyl (C=O) groups excluding carboxylic acids is 1. The maximum Gasteiger partial charge on any atom is 0.305 e. The third-order valence-corrected chi connectivity index (χ3v) is 3.28. The van der Waals surface area contributed by atoms with Crippen molar-refractivity contribution in [2.75, 3.05) is 19.0 Å². The van der Waals surface area contributed by atoms with Crippen LogP contribution in [-0.2, 0) is 16.1 Å². The predicted octanol–water partition coefficient (Wildman–Crippen LogP) is 0.938. The number of fused-ring (bicyclic) bond motifs is 1. The number of hydrogen-bond acceptors (Lipinski definition) is 3. The summed E-state index contributed by atoms with van der Waals surface area (Å²) in [4.78, 5) is 26.4. The molecule has 5 heteroatoms. The molecule has 1 amide bonds. The second-order valence-corrected chi connectivity index (χ2v) is 4.55. The summed E-state index contributed by atoms with van der Waals surface area (Å²) in [6, 6.07) is 7.04. The largest absolute Gasteiger partial charge is 0.481 e. The van der Waals surface area contributed by atoms with Crippen molar-refractivity contribution in [2.45, 2.75) is 19.0 Å². The molecule has 0 saturated carbocycles. The van der Waals surface area contributed by atoms with E-state index in [2.05, 4.69) is 0 Å². The van der Waals surface area contributed by atoms with E-state index in [0.29, 0.717) is 6.54 Å². The molecular formula is C13H16N2O3. The summed E-state index contributed by atoms with van der Waals surface area (Å²) in [6.07, 6.45) is -0.187. The van der Waals surface area contributed by atoms with Gasteiger partial charge in [-0.3, -0.25) is 9.59 Å². The van der Waals surface area contributed by atoms with E-state index in [1.807, 2.05) is 24.3 Å². The number of rotatable bonds is 2. The van der Waals surface area contributed by atoms with Crippen LogP contribution in [0.5, 0.6) is 0 Å². The second kappa shape index (κ2) is 4.68. The molecule has 1 aromatic rings. The van der Waals surface area contributed by atoms with Crippen LogP contribution in [0.4, 0.5) is 5.69 Å². The average molecular weight is 248 g/mol. The zero-order chi connectivity index (χ0) is 13.3. The summed E-state index contributed by atoms with van der Waals surface area (Å²) < 4.78 is 0. The van der Waals surface area contributed by atoms with Crippen molar-refractivity contribution >= 4 is 17.6 Å². The first kappa shape index (κ1) is 12.4. The van der Waals surface area contributed by atoms with Gasteiger partial charge in [0.2, 0.25) is 5.91 Å². The van der Waals surface area contributed by atoms with Crippen LogP contribution in [0.3, 0.4) is 0 Å². The summed E-state index contributed by atoms with van der Waals surface area (Å²) >= 11 is 0. The number of carbonyl (C=O) groups is 2. The van der Waals surface area contributed by atoms with E-state index in [9.17, 15) is 9.59 Å². The first-order valence-electron chi connectivity index (χ1n) is 5.78. The molecule has 1 N–H and O–H groups in total. The molecule has 1 aliphatic heterocycles. The minimum atomic E-state index is -0.965. The number of aliphatic carboxylic acids is 1. The van der Waals surface area contributed by atoms with Crippen molar-refractivity contribution in [3.8, 4) is 0 Å². The van der Waals surface area contributed by atoms with E-state index in [0.717, 1.165) is 11.3 Å². The highest BCUT2D eigenvalue weighted by atomic mass is 16.4. The molecule has 0 bridgehead atoms. The molecule has 0 saturated heterocycles. The lowest BCUT2D eigenvalue weighted by Gasteiger charge is -2.27. The molecule has 96 valence electrons. The Bertz CT molecular complexity index is 487. The summed E-state index contributed by atoms with van der Waals surface area (Å²) in [6.45, 7) is 0.509. The number of benzene rings is 1. The zero-order valence-corrected chi connectivity index (χ0v) is 10.5. The molecule has 5 nitrogen and oxygen atoms in total. The van der Waals surface area contributed by atoms with Crippen molar-refractivity contribution in [1.29, 1.82) is 0 Å². The minimum Gasteiger partial charge on any atom is -0.481 e. The molecule has 2 rings (SSSR count). The van der Waals surface area contributed by atoms with Gasteiger partial charge in [0.1, 0.15) is 6.04 Å². The van der Waals surface area contributed by atoms with Crippen LogP contribution in [0.2, 0.25) is 0 Å². The number of anilines is 1. The van der Waals surface area contributed by atoms with Gasteiger partial charge in [-0.2, -0.15) is 0 Å². The van der Waals surface area contributed by atoms with Crippen LogP contribution in [0, 0.1) is 0 Å². The smallest absolute Gasteiger partial charge is 0.305 e. The molecule has 18 heavy (non-hydrogen) atoms. The number of carboxylic acids is 1. The van der Waals surface area contributed by atoms with Gasteiger partial charge in [-0.15, -0.1) is 0 Å². The topological polar surface area (TPSA) is 60.9 Å².